The van der Waals surface area contributed by atoms with Gasteiger partial charge in [0.1, 0.15) is 11.9 Å². The second-order valence-electron chi connectivity index (χ2n) is 11.7. The van der Waals surface area contributed by atoms with Gasteiger partial charge < -0.3 is 19.1 Å². The standard InChI is InChI=1S/C30H39NO6/c1-17(2)31(18(3)4)25(32)24-21(14-13-20-11-10-12-22(35-9)23(20)24)19(5)36-27(34)30-16-15-29(8,26(33)37-30)28(30,6)7/h10-14,17-19H,15-16H2,1-9H3/t19-,29+,30-/m1/s1. The first-order valence-electron chi connectivity index (χ1n) is 13.1. The van der Waals surface area contributed by atoms with Crippen molar-refractivity contribution >= 4 is 28.6 Å². The Kier molecular flexibility index (Phi) is 6.58. The van der Waals surface area contributed by atoms with Gasteiger partial charge in [-0.1, -0.05) is 38.1 Å². The van der Waals surface area contributed by atoms with Crippen molar-refractivity contribution < 1.29 is 28.6 Å². The van der Waals surface area contributed by atoms with Gasteiger partial charge in [0, 0.05) is 28.4 Å². The first-order chi connectivity index (χ1) is 17.2. The number of rotatable bonds is 7. The molecule has 0 spiro atoms. The number of nitrogens with zero attached hydrogens (tertiary/aromatic N) is 1. The number of hydrogen-bond acceptors (Lipinski definition) is 6. The quantitative estimate of drug-likeness (QED) is 0.437. The number of ether oxygens (including phenoxy) is 3. The van der Waals surface area contributed by atoms with Crippen LogP contribution in [-0.4, -0.2) is 47.5 Å². The molecule has 1 aliphatic carbocycles. The van der Waals surface area contributed by atoms with E-state index < -0.39 is 28.5 Å². The fourth-order valence-electron chi connectivity index (χ4n) is 6.32. The van der Waals surface area contributed by atoms with Gasteiger partial charge >= 0.3 is 11.9 Å². The maximum atomic E-state index is 14.2. The van der Waals surface area contributed by atoms with Crippen LogP contribution < -0.4 is 4.74 Å². The molecule has 3 atom stereocenters. The predicted octanol–water partition coefficient (Wildman–Crippen LogP) is 5.83. The minimum atomic E-state index is -1.34. The number of carbonyl (C=O) groups excluding carboxylic acids is 3. The fraction of sp³-hybridized carbons (Fsp3) is 0.567. The zero-order valence-corrected chi connectivity index (χ0v) is 23.4. The molecule has 1 aliphatic heterocycles. The van der Waals surface area contributed by atoms with E-state index in [9.17, 15) is 14.4 Å². The van der Waals surface area contributed by atoms with Crippen molar-refractivity contribution in [2.75, 3.05) is 7.11 Å². The lowest BCUT2D eigenvalue weighted by Gasteiger charge is -2.36. The van der Waals surface area contributed by atoms with Crippen molar-refractivity contribution in [2.45, 2.75) is 92.0 Å². The predicted molar refractivity (Wildman–Crippen MR) is 141 cm³/mol. The molecule has 2 aromatic rings. The maximum Gasteiger partial charge on any atom is 0.351 e. The van der Waals surface area contributed by atoms with Gasteiger partial charge in [0.25, 0.3) is 5.91 Å². The molecule has 0 radical (unpaired) electrons. The van der Waals surface area contributed by atoms with Crippen molar-refractivity contribution in [3.63, 3.8) is 0 Å². The Morgan fingerprint density at radius 1 is 0.973 bits per heavy atom. The molecule has 0 unspecified atom stereocenters. The third-order valence-electron chi connectivity index (χ3n) is 8.96. The molecule has 1 saturated carbocycles. The van der Waals surface area contributed by atoms with E-state index in [1.165, 1.54) is 0 Å². The molecule has 7 nitrogen and oxygen atoms in total. The molecule has 1 amide bonds. The van der Waals surface area contributed by atoms with Gasteiger partial charge in [-0.3, -0.25) is 9.59 Å². The van der Waals surface area contributed by atoms with Gasteiger partial charge in [-0.25, -0.2) is 4.79 Å². The summed E-state index contributed by atoms with van der Waals surface area (Å²) in [5.74, 6) is -0.506. The topological polar surface area (TPSA) is 82.1 Å². The van der Waals surface area contributed by atoms with Gasteiger partial charge in [0.05, 0.1) is 18.1 Å². The molecule has 4 rings (SSSR count). The summed E-state index contributed by atoms with van der Waals surface area (Å²) in [6.07, 6.45) is 0.217. The molecule has 1 saturated heterocycles. The molecular weight excluding hydrogens is 470 g/mol. The van der Waals surface area contributed by atoms with Crippen LogP contribution >= 0.6 is 0 Å². The Morgan fingerprint density at radius 2 is 1.62 bits per heavy atom. The van der Waals surface area contributed by atoms with Crippen molar-refractivity contribution in [1.82, 2.24) is 4.90 Å². The normalized spacial score (nSPS) is 24.9. The summed E-state index contributed by atoms with van der Waals surface area (Å²) >= 11 is 0. The van der Waals surface area contributed by atoms with E-state index in [-0.39, 0.29) is 24.0 Å². The van der Waals surface area contributed by atoms with E-state index in [1.54, 1.807) is 14.0 Å². The van der Waals surface area contributed by atoms with E-state index in [0.29, 0.717) is 35.1 Å². The fourth-order valence-corrected chi connectivity index (χ4v) is 6.32. The summed E-state index contributed by atoms with van der Waals surface area (Å²) < 4.78 is 17.5. The summed E-state index contributed by atoms with van der Waals surface area (Å²) in [6.45, 7) is 15.3. The van der Waals surface area contributed by atoms with Crippen LogP contribution in [0.3, 0.4) is 0 Å². The summed E-state index contributed by atoms with van der Waals surface area (Å²) in [7, 11) is 1.58. The summed E-state index contributed by atoms with van der Waals surface area (Å²) in [4.78, 5) is 42.4. The lowest BCUT2D eigenvalue weighted by molar-refractivity contribution is -0.187. The molecule has 37 heavy (non-hydrogen) atoms. The monoisotopic (exact) mass is 509 g/mol. The molecule has 2 aromatic carbocycles. The number of carbonyl (C=O) groups is 3. The lowest BCUT2D eigenvalue weighted by atomic mass is 9.66. The number of amides is 1. The van der Waals surface area contributed by atoms with Crippen LogP contribution in [0.15, 0.2) is 30.3 Å². The molecule has 0 N–H and O–H groups in total. The average Bonchev–Trinajstić information content (AvgIpc) is 3.12. The van der Waals surface area contributed by atoms with Crippen molar-refractivity contribution in [3.8, 4) is 5.75 Å². The van der Waals surface area contributed by atoms with Crippen LogP contribution in [0.2, 0.25) is 0 Å². The summed E-state index contributed by atoms with van der Waals surface area (Å²) in [6, 6.07) is 9.31. The largest absolute Gasteiger partial charge is 0.496 e. The smallest absolute Gasteiger partial charge is 0.351 e. The molecule has 1 heterocycles. The number of esters is 2. The van der Waals surface area contributed by atoms with Crippen LogP contribution in [0.1, 0.15) is 90.3 Å². The average molecular weight is 510 g/mol. The number of benzene rings is 2. The van der Waals surface area contributed by atoms with E-state index in [1.807, 2.05) is 83.7 Å². The highest BCUT2D eigenvalue weighted by molar-refractivity contribution is 6.11. The van der Waals surface area contributed by atoms with Gasteiger partial charge in [0.15, 0.2) is 0 Å². The molecule has 2 aliphatic rings. The van der Waals surface area contributed by atoms with E-state index in [0.717, 1.165) is 5.39 Å². The Morgan fingerprint density at radius 3 is 2.14 bits per heavy atom. The molecular formula is C30H39NO6. The minimum Gasteiger partial charge on any atom is -0.496 e. The summed E-state index contributed by atoms with van der Waals surface area (Å²) in [5, 5.41) is 1.54. The minimum absolute atomic E-state index is 0.0445. The van der Waals surface area contributed by atoms with Crippen LogP contribution in [-0.2, 0) is 19.1 Å². The Bertz CT molecular complexity index is 1260. The number of hydrogen-bond donors (Lipinski definition) is 0. The van der Waals surface area contributed by atoms with Gasteiger partial charge in [-0.2, -0.15) is 0 Å². The Hall–Kier alpha value is -3.09. The Labute approximate surface area is 219 Å². The first kappa shape index (κ1) is 27.0. The second kappa shape index (κ2) is 9.03. The van der Waals surface area contributed by atoms with Crippen molar-refractivity contribution in [3.05, 3.63) is 41.5 Å². The maximum absolute atomic E-state index is 14.2. The zero-order chi connectivity index (χ0) is 27.5. The lowest BCUT2D eigenvalue weighted by Crippen LogP contribution is -2.49. The molecule has 2 bridgehead atoms. The SMILES string of the molecule is COc1cccc2ccc([C@@H](C)OC(=O)[C@@]34CC[C@@](C)(C(=O)O3)C4(C)C)c(C(=O)N(C(C)C)C(C)C)c12. The molecule has 200 valence electrons. The third-order valence-corrected chi connectivity index (χ3v) is 8.96. The molecule has 7 heteroatoms. The highest BCUT2D eigenvalue weighted by Crippen LogP contribution is 2.66. The van der Waals surface area contributed by atoms with Crippen LogP contribution in [0.5, 0.6) is 5.75 Å². The third kappa shape index (κ3) is 3.72. The highest BCUT2D eigenvalue weighted by atomic mass is 16.6. The second-order valence-corrected chi connectivity index (χ2v) is 11.7. The zero-order valence-electron chi connectivity index (χ0n) is 23.4. The van der Waals surface area contributed by atoms with E-state index in [2.05, 4.69) is 0 Å². The number of fused-ring (bicyclic) bond motifs is 3. The van der Waals surface area contributed by atoms with Crippen LogP contribution in [0.4, 0.5) is 0 Å². The van der Waals surface area contributed by atoms with Crippen molar-refractivity contribution in [2.24, 2.45) is 10.8 Å². The van der Waals surface area contributed by atoms with Gasteiger partial charge in [0.2, 0.25) is 5.60 Å². The van der Waals surface area contributed by atoms with Crippen LogP contribution in [0.25, 0.3) is 10.8 Å². The van der Waals surface area contributed by atoms with Crippen LogP contribution in [0, 0.1) is 10.8 Å². The molecule has 2 fully saturated rings. The van der Waals surface area contributed by atoms with Gasteiger partial charge in [-0.15, -0.1) is 0 Å². The van der Waals surface area contributed by atoms with E-state index in [4.69, 9.17) is 14.2 Å². The summed E-state index contributed by atoms with van der Waals surface area (Å²) in [5.41, 5.74) is -1.75. The molecule has 0 aromatic heterocycles. The van der Waals surface area contributed by atoms with Gasteiger partial charge in [-0.05, 0) is 65.8 Å². The van der Waals surface area contributed by atoms with Crippen molar-refractivity contribution in [1.29, 1.82) is 0 Å². The highest BCUT2D eigenvalue weighted by Gasteiger charge is 2.76. The Balaban J connectivity index is 1.82. The number of methoxy groups -OCH3 is 1. The van der Waals surface area contributed by atoms with E-state index >= 15 is 0 Å². The first-order valence-corrected chi connectivity index (χ1v) is 13.1.